The van der Waals surface area contributed by atoms with Crippen molar-refractivity contribution < 1.29 is 51.8 Å². The second-order valence-corrected chi connectivity index (χ2v) is 20.6. The maximum absolute atomic E-state index is 13.1. The Morgan fingerprint density at radius 2 is 0.955 bits per heavy atom. The quantitative estimate of drug-likeness (QED) is 0.0193. The summed E-state index contributed by atoms with van der Waals surface area (Å²) in [5, 5.41) is 44.9. The SMILES string of the molecule is CCCCCCCCCCCCCC/C=C\CCCCCCCCCCCC(=O)NC(COC1OC(CO)C(O)C(OS(=O)(=O)O)C1O)C(O)/C=C/CCCCCCCCCCCCCCC. The number of nitrogens with one attached hydrogen (secondary N) is 1. The predicted molar refractivity (Wildman–Crippen MR) is 273 cm³/mol. The molecule has 0 saturated carbocycles. The monoisotopic (exact) mass is 974 g/mol. The molecule has 1 heterocycles. The molecule has 7 atom stereocenters. The van der Waals surface area contributed by atoms with Crippen molar-refractivity contribution in [1.82, 2.24) is 5.32 Å². The molecule has 13 heteroatoms. The van der Waals surface area contributed by atoms with Crippen molar-refractivity contribution in [3.8, 4) is 0 Å². The van der Waals surface area contributed by atoms with E-state index in [1.165, 1.54) is 193 Å². The first kappa shape index (κ1) is 63.6. The molecule has 0 aromatic rings. The topological polar surface area (TPSA) is 192 Å². The van der Waals surface area contributed by atoms with Crippen LogP contribution in [-0.4, -0.2) is 95.4 Å². The van der Waals surface area contributed by atoms with Gasteiger partial charge in [0.25, 0.3) is 0 Å². The van der Waals surface area contributed by atoms with E-state index >= 15 is 0 Å². The highest BCUT2D eigenvalue weighted by Gasteiger charge is 2.48. The molecule has 1 aliphatic rings. The third-order valence-corrected chi connectivity index (χ3v) is 13.7. The van der Waals surface area contributed by atoms with Gasteiger partial charge in [-0.25, -0.2) is 4.18 Å². The molecule has 396 valence electrons. The Hall–Kier alpha value is -1.42. The second-order valence-electron chi connectivity index (χ2n) is 19.5. The molecule has 67 heavy (non-hydrogen) atoms. The summed E-state index contributed by atoms with van der Waals surface area (Å²) in [6.45, 7) is 3.42. The van der Waals surface area contributed by atoms with Crippen LogP contribution in [0.4, 0.5) is 0 Å². The van der Waals surface area contributed by atoms with Gasteiger partial charge in [0.05, 0.1) is 25.4 Å². The summed E-state index contributed by atoms with van der Waals surface area (Å²) in [5.41, 5.74) is 0. The smallest absolute Gasteiger partial charge is 0.394 e. The van der Waals surface area contributed by atoms with Crippen molar-refractivity contribution >= 4 is 16.3 Å². The summed E-state index contributed by atoms with van der Waals surface area (Å²) in [7, 11) is -5.09. The van der Waals surface area contributed by atoms with Gasteiger partial charge in [-0.3, -0.25) is 9.35 Å². The second kappa shape index (κ2) is 44.5. The fraction of sp³-hybridized carbons (Fsp3) is 0.907. The first-order valence-corrected chi connectivity index (χ1v) is 29.1. The summed E-state index contributed by atoms with van der Waals surface area (Å²) in [6.07, 6.45) is 45.1. The third-order valence-electron chi connectivity index (χ3n) is 13.2. The average molecular weight is 974 g/mol. The molecule has 7 unspecified atom stereocenters. The van der Waals surface area contributed by atoms with Crippen LogP contribution < -0.4 is 5.32 Å². The molecule has 1 fully saturated rings. The zero-order valence-electron chi connectivity index (χ0n) is 42.7. The molecule has 0 radical (unpaired) electrons. The lowest BCUT2D eigenvalue weighted by molar-refractivity contribution is -0.298. The Bertz CT molecular complexity index is 1280. The van der Waals surface area contributed by atoms with Gasteiger partial charge in [0, 0.05) is 6.42 Å². The van der Waals surface area contributed by atoms with Crippen LogP contribution in [0.15, 0.2) is 24.3 Å². The van der Waals surface area contributed by atoms with Gasteiger partial charge in [-0.2, -0.15) is 8.42 Å². The van der Waals surface area contributed by atoms with Crippen molar-refractivity contribution in [3.05, 3.63) is 24.3 Å². The molecule has 12 nitrogen and oxygen atoms in total. The van der Waals surface area contributed by atoms with Crippen molar-refractivity contribution in [2.24, 2.45) is 0 Å². The van der Waals surface area contributed by atoms with Crippen LogP contribution in [-0.2, 0) is 28.9 Å². The average Bonchev–Trinajstić information content (AvgIpc) is 3.30. The number of allylic oxidation sites excluding steroid dienone is 3. The largest absolute Gasteiger partial charge is 0.397 e. The van der Waals surface area contributed by atoms with Gasteiger partial charge in [-0.15, -0.1) is 0 Å². The minimum Gasteiger partial charge on any atom is -0.394 e. The Morgan fingerprint density at radius 1 is 0.582 bits per heavy atom. The van der Waals surface area contributed by atoms with Crippen molar-refractivity contribution in [1.29, 1.82) is 0 Å². The van der Waals surface area contributed by atoms with E-state index in [1.54, 1.807) is 6.08 Å². The summed E-state index contributed by atoms with van der Waals surface area (Å²) >= 11 is 0. The highest BCUT2D eigenvalue weighted by molar-refractivity contribution is 7.80. The Balaban J connectivity index is 2.37. The standard InChI is InChI=1S/C54H103NO11S/c1-3-5-7-9-11-13-15-17-19-20-21-22-23-24-25-26-27-28-30-32-34-36-38-40-42-44-50(58)55-47(46-64-54-52(60)53(66-67(61,62)63)51(59)49(45-56)65-54)48(57)43-41-39-37-35-33-31-29-18-16-14-12-10-8-6-4-2/h24-25,41,43,47-49,51-54,56-57,59-60H,3-23,26-40,42,44-46H2,1-2H3,(H,55,58)(H,61,62,63)/b25-24-,43-41+. The maximum Gasteiger partial charge on any atom is 0.397 e. The lowest BCUT2D eigenvalue weighted by Crippen LogP contribution is -2.61. The number of aliphatic hydroxyl groups is 4. The van der Waals surface area contributed by atoms with Crippen LogP contribution >= 0.6 is 0 Å². The Labute approximate surface area is 410 Å². The van der Waals surface area contributed by atoms with Gasteiger partial charge in [0.2, 0.25) is 5.91 Å². The number of amides is 1. The van der Waals surface area contributed by atoms with E-state index in [4.69, 9.17) is 9.47 Å². The van der Waals surface area contributed by atoms with Crippen LogP contribution in [0.3, 0.4) is 0 Å². The summed E-state index contributed by atoms with van der Waals surface area (Å²) < 4.78 is 47.8. The van der Waals surface area contributed by atoms with Crippen molar-refractivity contribution in [2.45, 2.75) is 301 Å². The van der Waals surface area contributed by atoms with Crippen LogP contribution in [0.1, 0.15) is 258 Å². The minimum atomic E-state index is -5.09. The fourth-order valence-corrected chi connectivity index (χ4v) is 9.43. The van der Waals surface area contributed by atoms with Gasteiger partial charge in [-0.05, 0) is 44.9 Å². The van der Waals surface area contributed by atoms with Gasteiger partial charge in [-0.1, -0.05) is 231 Å². The van der Waals surface area contributed by atoms with Gasteiger partial charge in [0.1, 0.15) is 24.4 Å². The minimum absolute atomic E-state index is 0.262. The number of unbranched alkanes of at least 4 members (excludes halogenated alkanes) is 34. The van der Waals surface area contributed by atoms with E-state index in [0.29, 0.717) is 6.42 Å². The molecule has 0 aromatic heterocycles. The van der Waals surface area contributed by atoms with E-state index in [9.17, 15) is 38.2 Å². The molecule has 0 spiro atoms. The van der Waals surface area contributed by atoms with Gasteiger partial charge < -0.3 is 35.2 Å². The summed E-state index contributed by atoms with van der Waals surface area (Å²) in [4.78, 5) is 13.1. The Kier molecular flexibility index (Phi) is 42.3. The molecule has 6 N–H and O–H groups in total. The highest BCUT2D eigenvalue weighted by atomic mass is 32.3. The fourth-order valence-electron chi connectivity index (χ4n) is 8.92. The Morgan fingerprint density at radius 3 is 1.34 bits per heavy atom. The molecule has 0 bridgehead atoms. The highest BCUT2D eigenvalue weighted by Crippen LogP contribution is 2.26. The number of carbonyl (C=O) groups excluding carboxylic acids is 1. The normalized spacial score (nSPS) is 20.0. The number of rotatable bonds is 48. The first-order chi connectivity index (χ1) is 32.5. The molecule has 1 rings (SSSR count). The van der Waals surface area contributed by atoms with E-state index in [-0.39, 0.29) is 18.9 Å². The van der Waals surface area contributed by atoms with E-state index in [1.807, 2.05) is 6.08 Å². The van der Waals surface area contributed by atoms with Crippen LogP contribution in [0.25, 0.3) is 0 Å². The molecular formula is C54H103NO11S. The van der Waals surface area contributed by atoms with Crippen molar-refractivity contribution in [2.75, 3.05) is 13.2 Å². The number of carbonyl (C=O) groups is 1. The molecule has 0 aliphatic carbocycles. The van der Waals surface area contributed by atoms with Crippen molar-refractivity contribution in [3.63, 3.8) is 0 Å². The van der Waals surface area contributed by atoms with Crippen LogP contribution in [0.2, 0.25) is 0 Å². The van der Waals surface area contributed by atoms with E-state index in [0.717, 1.165) is 38.5 Å². The summed E-state index contributed by atoms with van der Waals surface area (Å²) in [5.74, 6) is -0.262. The van der Waals surface area contributed by atoms with E-state index < -0.39 is 59.9 Å². The van der Waals surface area contributed by atoms with Gasteiger partial charge >= 0.3 is 10.4 Å². The number of hydrogen-bond donors (Lipinski definition) is 6. The van der Waals surface area contributed by atoms with Crippen LogP contribution in [0, 0.1) is 0 Å². The van der Waals surface area contributed by atoms with Crippen LogP contribution in [0.5, 0.6) is 0 Å². The third kappa shape index (κ3) is 37.1. The number of hydrogen-bond acceptors (Lipinski definition) is 10. The molecule has 1 aliphatic heterocycles. The molecule has 0 aromatic carbocycles. The molecular weight excluding hydrogens is 871 g/mol. The predicted octanol–water partition coefficient (Wildman–Crippen LogP) is 12.5. The zero-order chi connectivity index (χ0) is 49.1. The molecule has 1 saturated heterocycles. The molecule has 1 amide bonds. The van der Waals surface area contributed by atoms with Gasteiger partial charge in [0.15, 0.2) is 6.29 Å². The first-order valence-electron chi connectivity index (χ1n) is 27.7. The summed E-state index contributed by atoms with van der Waals surface area (Å²) in [6, 6.07) is -0.943. The lowest BCUT2D eigenvalue weighted by Gasteiger charge is -2.41. The van der Waals surface area contributed by atoms with E-state index in [2.05, 4.69) is 35.5 Å². The number of ether oxygens (including phenoxy) is 2. The maximum atomic E-state index is 13.1. The zero-order valence-corrected chi connectivity index (χ0v) is 43.5. The number of aliphatic hydroxyl groups excluding tert-OH is 4. The lowest BCUT2D eigenvalue weighted by atomic mass is 9.99.